The number of carbonyl (C=O) groups is 2. The Morgan fingerprint density at radius 2 is 1.83 bits per heavy atom. The van der Waals surface area contributed by atoms with E-state index in [2.05, 4.69) is 10.3 Å². The molecule has 2 amide bonds. The lowest BCUT2D eigenvalue weighted by atomic mass is 10.2. The number of benzene rings is 1. The van der Waals surface area contributed by atoms with Crippen LogP contribution in [0, 0.1) is 0 Å². The summed E-state index contributed by atoms with van der Waals surface area (Å²) in [6, 6.07) is 10.8. The summed E-state index contributed by atoms with van der Waals surface area (Å²) in [4.78, 5) is 27.5. The van der Waals surface area contributed by atoms with Gasteiger partial charge in [-0.1, -0.05) is 18.2 Å². The molecule has 0 aliphatic heterocycles. The van der Waals surface area contributed by atoms with E-state index in [9.17, 15) is 18.0 Å². The van der Waals surface area contributed by atoms with Gasteiger partial charge in [0.05, 0.1) is 0 Å². The molecule has 126 valence electrons. The molecule has 1 heterocycles. The van der Waals surface area contributed by atoms with Crippen LogP contribution in [0.3, 0.4) is 0 Å². The van der Waals surface area contributed by atoms with Gasteiger partial charge in [0.15, 0.2) is 0 Å². The fourth-order valence-corrected chi connectivity index (χ4v) is 2.94. The van der Waals surface area contributed by atoms with Gasteiger partial charge in [-0.3, -0.25) is 14.6 Å². The number of nitrogens with zero attached hydrogens (tertiary/aromatic N) is 1. The molecule has 0 fully saturated rings. The van der Waals surface area contributed by atoms with Gasteiger partial charge in [0.25, 0.3) is 15.9 Å². The molecular weight excluding hydrogens is 330 g/mol. The number of rotatable bonds is 6. The van der Waals surface area contributed by atoms with Gasteiger partial charge in [-0.2, -0.15) is 0 Å². The third kappa shape index (κ3) is 4.88. The first-order valence-electron chi connectivity index (χ1n) is 7.20. The van der Waals surface area contributed by atoms with Crippen molar-refractivity contribution in [2.24, 2.45) is 0 Å². The molecule has 0 radical (unpaired) electrons. The number of aromatic nitrogens is 1. The number of hydrogen-bond donors (Lipinski definition) is 2. The molecule has 0 aliphatic rings. The van der Waals surface area contributed by atoms with E-state index in [1.807, 2.05) is 4.72 Å². The summed E-state index contributed by atoms with van der Waals surface area (Å²) in [5.74, 6) is -1.04. The predicted octanol–water partition coefficient (Wildman–Crippen LogP) is 1.10. The lowest BCUT2D eigenvalue weighted by Gasteiger charge is -2.14. The van der Waals surface area contributed by atoms with Crippen molar-refractivity contribution >= 4 is 21.8 Å². The SMILES string of the molecule is C[C@@H](CC(=O)NS(=O)(=O)c1cccnc1)NC(=O)c1ccccc1. The van der Waals surface area contributed by atoms with Crippen LogP contribution in [0.25, 0.3) is 0 Å². The highest BCUT2D eigenvalue weighted by Gasteiger charge is 2.20. The number of sulfonamides is 1. The van der Waals surface area contributed by atoms with Crippen LogP contribution in [0.5, 0.6) is 0 Å². The van der Waals surface area contributed by atoms with Gasteiger partial charge in [-0.15, -0.1) is 0 Å². The Morgan fingerprint density at radius 3 is 2.46 bits per heavy atom. The lowest BCUT2D eigenvalue weighted by Crippen LogP contribution is -2.39. The van der Waals surface area contributed by atoms with Crippen LogP contribution in [0.1, 0.15) is 23.7 Å². The summed E-state index contributed by atoms with van der Waals surface area (Å²) >= 11 is 0. The van der Waals surface area contributed by atoms with Crippen molar-refractivity contribution < 1.29 is 18.0 Å². The molecule has 0 saturated heterocycles. The second-order valence-corrected chi connectivity index (χ2v) is 6.84. The molecular formula is C16H17N3O4S. The molecule has 0 bridgehead atoms. The van der Waals surface area contributed by atoms with E-state index in [4.69, 9.17) is 0 Å². The first-order chi connectivity index (χ1) is 11.4. The third-order valence-electron chi connectivity index (χ3n) is 3.10. The number of nitrogens with one attached hydrogen (secondary N) is 2. The summed E-state index contributed by atoms with van der Waals surface area (Å²) in [6.07, 6.45) is 2.41. The highest BCUT2D eigenvalue weighted by molar-refractivity contribution is 7.90. The minimum Gasteiger partial charge on any atom is -0.349 e. The summed E-state index contributed by atoms with van der Waals surface area (Å²) in [5, 5.41) is 2.65. The van der Waals surface area contributed by atoms with Gasteiger partial charge < -0.3 is 5.32 Å². The Labute approximate surface area is 140 Å². The van der Waals surface area contributed by atoms with Crippen molar-refractivity contribution in [3.05, 3.63) is 60.4 Å². The van der Waals surface area contributed by atoms with Crippen LogP contribution in [0.2, 0.25) is 0 Å². The molecule has 1 atom stereocenters. The standard InChI is InChI=1S/C16H17N3O4S/c1-12(18-16(21)13-6-3-2-4-7-13)10-15(20)19-24(22,23)14-8-5-9-17-11-14/h2-9,11-12H,10H2,1H3,(H,18,21)(H,19,20)/t12-/m0/s1. The number of amides is 2. The minimum absolute atomic E-state index is 0.0978. The maximum Gasteiger partial charge on any atom is 0.265 e. The molecule has 1 aromatic heterocycles. The fraction of sp³-hybridized carbons (Fsp3) is 0.188. The molecule has 8 heteroatoms. The molecule has 0 saturated carbocycles. The lowest BCUT2D eigenvalue weighted by molar-refractivity contribution is -0.119. The van der Waals surface area contributed by atoms with Crippen molar-refractivity contribution in [2.45, 2.75) is 24.3 Å². The Kier molecular flexibility index (Phi) is 5.64. The third-order valence-corrected chi connectivity index (χ3v) is 4.46. The van der Waals surface area contributed by atoms with E-state index < -0.39 is 22.0 Å². The van der Waals surface area contributed by atoms with Gasteiger partial charge in [0, 0.05) is 30.4 Å². The smallest absolute Gasteiger partial charge is 0.265 e. The molecule has 0 unspecified atom stereocenters. The summed E-state index contributed by atoms with van der Waals surface area (Å²) in [6.45, 7) is 1.62. The molecule has 2 N–H and O–H groups in total. The van der Waals surface area contributed by atoms with E-state index in [1.165, 1.54) is 18.3 Å². The quantitative estimate of drug-likeness (QED) is 0.814. The maximum atomic E-state index is 12.0. The second kappa shape index (κ2) is 7.69. The van der Waals surface area contributed by atoms with Crippen LogP contribution in [0.4, 0.5) is 0 Å². The molecule has 1 aromatic carbocycles. The fourth-order valence-electron chi connectivity index (χ4n) is 1.98. The summed E-state index contributed by atoms with van der Waals surface area (Å²) in [5.41, 5.74) is 0.465. The highest BCUT2D eigenvalue weighted by Crippen LogP contribution is 2.06. The zero-order valence-electron chi connectivity index (χ0n) is 13.0. The maximum absolute atomic E-state index is 12.0. The Bertz CT molecular complexity index is 808. The van der Waals surface area contributed by atoms with Crippen molar-refractivity contribution in [3.63, 3.8) is 0 Å². The Hall–Kier alpha value is -2.74. The molecule has 0 spiro atoms. The molecule has 2 rings (SSSR count). The monoisotopic (exact) mass is 347 g/mol. The molecule has 0 aliphatic carbocycles. The van der Waals surface area contributed by atoms with Crippen LogP contribution >= 0.6 is 0 Å². The normalized spacial score (nSPS) is 12.2. The first kappa shape index (κ1) is 17.6. The Morgan fingerprint density at radius 1 is 1.12 bits per heavy atom. The van der Waals surface area contributed by atoms with Crippen LogP contribution in [-0.2, 0) is 14.8 Å². The zero-order valence-corrected chi connectivity index (χ0v) is 13.8. The zero-order chi connectivity index (χ0) is 17.6. The van der Waals surface area contributed by atoms with Crippen LogP contribution in [-0.4, -0.2) is 31.3 Å². The van der Waals surface area contributed by atoms with Crippen molar-refractivity contribution in [2.75, 3.05) is 0 Å². The van der Waals surface area contributed by atoms with Crippen molar-refractivity contribution in [1.82, 2.24) is 15.0 Å². The second-order valence-electron chi connectivity index (χ2n) is 5.16. The van der Waals surface area contributed by atoms with Gasteiger partial charge in [0.1, 0.15) is 4.90 Å². The summed E-state index contributed by atoms with van der Waals surface area (Å²) < 4.78 is 26.0. The van der Waals surface area contributed by atoms with Gasteiger partial charge in [0.2, 0.25) is 5.91 Å². The van der Waals surface area contributed by atoms with E-state index in [1.54, 1.807) is 37.3 Å². The molecule has 2 aromatic rings. The first-order valence-corrected chi connectivity index (χ1v) is 8.68. The average Bonchev–Trinajstić information content (AvgIpc) is 2.55. The summed E-state index contributed by atoms with van der Waals surface area (Å²) in [7, 11) is -3.96. The number of carbonyl (C=O) groups excluding carboxylic acids is 2. The van der Waals surface area contributed by atoms with Gasteiger partial charge in [-0.25, -0.2) is 13.1 Å². The van der Waals surface area contributed by atoms with Gasteiger partial charge in [-0.05, 0) is 31.2 Å². The average molecular weight is 347 g/mol. The van der Waals surface area contributed by atoms with E-state index in [-0.39, 0.29) is 17.2 Å². The van der Waals surface area contributed by atoms with Crippen molar-refractivity contribution in [1.29, 1.82) is 0 Å². The molecule has 24 heavy (non-hydrogen) atoms. The number of pyridine rings is 1. The van der Waals surface area contributed by atoms with E-state index >= 15 is 0 Å². The number of hydrogen-bond acceptors (Lipinski definition) is 5. The topological polar surface area (TPSA) is 105 Å². The largest absolute Gasteiger partial charge is 0.349 e. The van der Waals surface area contributed by atoms with Crippen molar-refractivity contribution in [3.8, 4) is 0 Å². The highest BCUT2D eigenvalue weighted by atomic mass is 32.2. The molecule has 7 nitrogen and oxygen atoms in total. The van der Waals surface area contributed by atoms with E-state index in [0.29, 0.717) is 5.56 Å². The van der Waals surface area contributed by atoms with Gasteiger partial charge >= 0.3 is 0 Å². The van der Waals surface area contributed by atoms with Crippen LogP contribution in [0.15, 0.2) is 59.8 Å². The predicted molar refractivity (Wildman–Crippen MR) is 87.6 cm³/mol. The minimum atomic E-state index is -3.96. The Balaban J connectivity index is 1.91. The van der Waals surface area contributed by atoms with Crippen LogP contribution < -0.4 is 10.0 Å². The van der Waals surface area contributed by atoms with E-state index in [0.717, 1.165) is 6.20 Å².